The summed E-state index contributed by atoms with van der Waals surface area (Å²) in [6.45, 7) is 0. The van der Waals surface area contributed by atoms with Crippen molar-refractivity contribution in [2.75, 3.05) is 0 Å². The van der Waals surface area contributed by atoms with Crippen LogP contribution >= 0.6 is 23.2 Å². The maximum absolute atomic E-state index is 11.3. The van der Waals surface area contributed by atoms with Crippen molar-refractivity contribution >= 4 is 40.5 Å². The van der Waals surface area contributed by atoms with Gasteiger partial charge >= 0.3 is 5.63 Å². The number of carbonyl (C=O) groups is 1. The van der Waals surface area contributed by atoms with Crippen molar-refractivity contribution in [3.63, 3.8) is 0 Å². The summed E-state index contributed by atoms with van der Waals surface area (Å²) >= 11 is 11.5. The molecule has 0 saturated carbocycles. The van der Waals surface area contributed by atoms with Gasteiger partial charge in [0.2, 0.25) is 0 Å². The summed E-state index contributed by atoms with van der Waals surface area (Å²) in [4.78, 5) is 21.9. The van der Waals surface area contributed by atoms with E-state index in [9.17, 15) is 14.7 Å². The fourth-order valence-corrected chi connectivity index (χ4v) is 1.66. The minimum absolute atomic E-state index is 0.0176. The molecule has 0 spiro atoms. The average Bonchev–Trinajstić information content (AvgIpc) is 2.25. The Labute approximate surface area is 99.0 Å². The first-order valence-corrected chi connectivity index (χ1v) is 4.90. The van der Waals surface area contributed by atoms with Gasteiger partial charge in [0, 0.05) is 0 Å². The van der Waals surface area contributed by atoms with Crippen LogP contribution in [0, 0.1) is 0 Å². The quantitative estimate of drug-likeness (QED) is 0.631. The molecule has 0 unspecified atom stereocenters. The summed E-state index contributed by atoms with van der Waals surface area (Å²) in [6.07, 6.45) is 0.225. The Kier molecular flexibility index (Phi) is 2.61. The van der Waals surface area contributed by atoms with E-state index < -0.39 is 16.9 Å². The van der Waals surface area contributed by atoms with Gasteiger partial charge in [-0.25, -0.2) is 4.79 Å². The normalized spacial score (nSPS) is 10.6. The van der Waals surface area contributed by atoms with E-state index in [1.165, 1.54) is 12.1 Å². The number of aromatic hydroxyl groups is 1. The molecule has 2 aromatic rings. The third-order valence-electron chi connectivity index (χ3n) is 2.09. The zero-order valence-corrected chi connectivity index (χ0v) is 9.17. The number of hydrogen-bond acceptors (Lipinski definition) is 4. The summed E-state index contributed by atoms with van der Waals surface area (Å²) in [6, 6.07) is 2.84. The van der Waals surface area contributed by atoms with Crippen LogP contribution in [-0.4, -0.2) is 11.4 Å². The number of hydrogen-bond donors (Lipinski definition) is 1. The van der Waals surface area contributed by atoms with Crippen LogP contribution in [0.3, 0.4) is 0 Å². The summed E-state index contributed by atoms with van der Waals surface area (Å²) in [5.74, 6) is -0.459. The van der Waals surface area contributed by atoms with Crippen LogP contribution in [0.25, 0.3) is 11.0 Å². The largest absolute Gasteiger partial charge is 0.506 e. The SMILES string of the molecule is O=Cc1c(O)c2ccc(Cl)c(Cl)c2oc1=O. The third kappa shape index (κ3) is 1.47. The van der Waals surface area contributed by atoms with Crippen molar-refractivity contribution in [2.45, 2.75) is 0 Å². The van der Waals surface area contributed by atoms with Gasteiger partial charge in [0.15, 0.2) is 11.9 Å². The molecule has 1 N–H and O–H groups in total. The Balaban J connectivity index is 3.04. The first kappa shape index (κ1) is 11.0. The molecule has 0 saturated heterocycles. The molecule has 0 aliphatic carbocycles. The van der Waals surface area contributed by atoms with E-state index in [2.05, 4.69) is 0 Å². The fourth-order valence-electron chi connectivity index (χ4n) is 1.31. The average molecular weight is 259 g/mol. The standard InChI is InChI=1S/C10H4Cl2O4/c11-6-2-1-4-8(14)5(3-13)10(15)16-9(4)7(6)12/h1-3,14H. The molecule has 0 bridgehead atoms. The summed E-state index contributed by atoms with van der Waals surface area (Å²) < 4.78 is 4.81. The molecule has 0 amide bonds. The van der Waals surface area contributed by atoms with Crippen LogP contribution in [0.1, 0.15) is 10.4 Å². The zero-order valence-electron chi connectivity index (χ0n) is 7.66. The van der Waals surface area contributed by atoms with Crippen LogP contribution < -0.4 is 5.63 Å². The molecule has 0 fully saturated rings. The molecule has 0 radical (unpaired) electrons. The van der Waals surface area contributed by atoms with Crippen molar-refractivity contribution in [1.82, 2.24) is 0 Å². The van der Waals surface area contributed by atoms with E-state index in [1.807, 2.05) is 0 Å². The highest BCUT2D eigenvalue weighted by Gasteiger charge is 2.16. The molecule has 0 atom stereocenters. The monoisotopic (exact) mass is 258 g/mol. The molecule has 1 heterocycles. The molecule has 4 nitrogen and oxygen atoms in total. The van der Waals surface area contributed by atoms with Gasteiger partial charge in [-0.2, -0.15) is 0 Å². The van der Waals surface area contributed by atoms with E-state index in [1.54, 1.807) is 0 Å². The number of rotatable bonds is 1. The molecule has 0 aliphatic heterocycles. The summed E-state index contributed by atoms with van der Waals surface area (Å²) in [5.41, 5.74) is -1.43. The van der Waals surface area contributed by atoms with Gasteiger partial charge in [-0.15, -0.1) is 0 Å². The van der Waals surface area contributed by atoms with Crippen LogP contribution in [0.5, 0.6) is 5.75 Å². The van der Waals surface area contributed by atoms with Crippen LogP contribution in [0.4, 0.5) is 0 Å². The van der Waals surface area contributed by atoms with Crippen molar-refractivity contribution in [2.24, 2.45) is 0 Å². The highest BCUT2D eigenvalue weighted by molar-refractivity contribution is 6.44. The number of benzene rings is 1. The highest BCUT2D eigenvalue weighted by atomic mass is 35.5. The zero-order chi connectivity index (χ0) is 11.9. The molecular formula is C10H4Cl2O4. The minimum Gasteiger partial charge on any atom is -0.506 e. The van der Waals surface area contributed by atoms with Gasteiger partial charge in [0.25, 0.3) is 0 Å². The van der Waals surface area contributed by atoms with E-state index in [-0.39, 0.29) is 27.3 Å². The lowest BCUT2D eigenvalue weighted by Crippen LogP contribution is -2.06. The molecular weight excluding hydrogens is 255 g/mol. The van der Waals surface area contributed by atoms with E-state index in [4.69, 9.17) is 27.6 Å². The lowest BCUT2D eigenvalue weighted by atomic mass is 10.1. The fraction of sp³-hybridized carbons (Fsp3) is 0. The molecule has 1 aromatic heterocycles. The topological polar surface area (TPSA) is 67.5 Å². The number of aldehydes is 1. The van der Waals surface area contributed by atoms with Gasteiger partial charge in [-0.1, -0.05) is 23.2 Å². The second kappa shape index (κ2) is 3.81. The third-order valence-corrected chi connectivity index (χ3v) is 2.88. The van der Waals surface area contributed by atoms with Crippen LogP contribution in [0.15, 0.2) is 21.3 Å². The lowest BCUT2D eigenvalue weighted by molar-refractivity contribution is 0.111. The molecule has 16 heavy (non-hydrogen) atoms. The first-order valence-electron chi connectivity index (χ1n) is 4.15. The summed E-state index contributed by atoms with van der Waals surface area (Å²) in [7, 11) is 0. The number of fused-ring (bicyclic) bond motifs is 1. The number of halogens is 2. The van der Waals surface area contributed by atoms with Crippen molar-refractivity contribution in [3.05, 3.63) is 38.2 Å². The first-order chi connectivity index (χ1) is 7.56. The number of carbonyl (C=O) groups excluding carboxylic acids is 1. The molecule has 82 valence electrons. The Morgan fingerprint density at radius 1 is 1.31 bits per heavy atom. The van der Waals surface area contributed by atoms with E-state index >= 15 is 0 Å². The smallest absolute Gasteiger partial charge is 0.350 e. The Morgan fingerprint density at radius 2 is 2.00 bits per heavy atom. The van der Waals surface area contributed by atoms with Gasteiger partial charge in [0.05, 0.1) is 10.4 Å². The van der Waals surface area contributed by atoms with Crippen molar-refractivity contribution < 1.29 is 14.3 Å². The second-order valence-electron chi connectivity index (χ2n) is 3.01. The van der Waals surface area contributed by atoms with Gasteiger partial charge in [-0.05, 0) is 12.1 Å². The van der Waals surface area contributed by atoms with E-state index in [0.29, 0.717) is 0 Å². The Morgan fingerprint density at radius 3 is 2.62 bits per heavy atom. The van der Waals surface area contributed by atoms with Crippen molar-refractivity contribution in [1.29, 1.82) is 0 Å². The molecule has 2 rings (SSSR count). The Hall–Kier alpha value is -1.52. The van der Waals surface area contributed by atoms with Gasteiger partial charge in [0.1, 0.15) is 16.3 Å². The van der Waals surface area contributed by atoms with Gasteiger partial charge in [-0.3, -0.25) is 4.79 Å². The maximum Gasteiger partial charge on any atom is 0.350 e. The molecule has 0 aliphatic rings. The minimum atomic E-state index is -0.954. The van der Waals surface area contributed by atoms with Crippen LogP contribution in [-0.2, 0) is 0 Å². The maximum atomic E-state index is 11.3. The Bertz CT molecular complexity index is 645. The molecule has 6 heteroatoms. The van der Waals surface area contributed by atoms with Gasteiger partial charge < -0.3 is 9.52 Å². The second-order valence-corrected chi connectivity index (χ2v) is 3.79. The predicted molar refractivity (Wildman–Crippen MR) is 59.6 cm³/mol. The molecule has 1 aromatic carbocycles. The summed E-state index contributed by atoms with van der Waals surface area (Å²) in [5, 5.41) is 10.0. The lowest BCUT2D eigenvalue weighted by Gasteiger charge is -2.04. The van der Waals surface area contributed by atoms with E-state index in [0.717, 1.165) is 0 Å². The predicted octanol–water partition coefficient (Wildman–Crippen LogP) is 2.62. The van der Waals surface area contributed by atoms with Crippen molar-refractivity contribution in [3.8, 4) is 5.75 Å². The van der Waals surface area contributed by atoms with Crippen LogP contribution in [0.2, 0.25) is 10.0 Å². The highest BCUT2D eigenvalue weighted by Crippen LogP contribution is 2.34.